The third kappa shape index (κ3) is 3.09. The van der Waals surface area contributed by atoms with Crippen molar-refractivity contribution in [1.82, 2.24) is 24.9 Å². The Hall–Kier alpha value is -2.10. The van der Waals surface area contributed by atoms with Crippen LogP contribution in [0.2, 0.25) is 0 Å². The summed E-state index contributed by atoms with van der Waals surface area (Å²) in [6, 6.07) is 0. The van der Waals surface area contributed by atoms with Crippen LogP contribution in [0, 0.1) is 20.8 Å². The molecule has 144 valence electrons. The van der Waals surface area contributed by atoms with Crippen molar-refractivity contribution in [3.8, 4) is 21.3 Å². The van der Waals surface area contributed by atoms with Gasteiger partial charge in [0.05, 0.1) is 22.5 Å². The number of rotatable bonds is 3. The number of nitrogens with zero attached hydrogens (tertiary/aromatic N) is 5. The third-order valence-electron chi connectivity index (χ3n) is 5.05. The Morgan fingerprint density at radius 3 is 2.52 bits per heavy atom. The lowest BCUT2D eigenvalue weighted by atomic mass is 9.77. The van der Waals surface area contributed by atoms with Crippen molar-refractivity contribution < 1.29 is 4.52 Å². The van der Waals surface area contributed by atoms with E-state index in [0.717, 1.165) is 41.1 Å². The molecule has 0 radical (unpaired) electrons. The second-order valence-corrected chi connectivity index (χ2v) is 7.88. The van der Waals surface area contributed by atoms with Gasteiger partial charge in [-0.05, 0) is 45.6 Å². The molecule has 27 heavy (non-hydrogen) atoms. The summed E-state index contributed by atoms with van der Waals surface area (Å²) in [6.07, 6.45) is 2.81. The van der Waals surface area contributed by atoms with Gasteiger partial charge in [0, 0.05) is 7.05 Å². The monoisotopic (exact) mass is 408 g/mol. The van der Waals surface area contributed by atoms with E-state index in [4.69, 9.17) is 10.3 Å². The van der Waals surface area contributed by atoms with Gasteiger partial charge in [-0.25, -0.2) is 9.67 Å². The van der Waals surface area contributed by atoms with Crippen LogP contribution < -0.4 is 11.3 Å². The minimum Gasteiger partial charge on any atom is -0.333 e. The largest absolute Gasteiger partial charge is 0.333 e. The molecule has 0 atom stereocenters. The lowest BCUT2D eigenvalue weighted by molar-refractivity contribution is 0.229. The molecule has 0 amide bonds. The molecule has 10 heteroatoms. The van der Waals surface area contributed by atoms with E-state index in [1.807, 2.05) is 20.8 Å². The molecule has 0 unspecified atom stereocenters. The molecule has 1 aliphatic rings. The van der Waals surface area contributed by atoms with Crippen molar-refractivity contribution in [3.63, 3.8) is 0 Å². The normalized spacial score (nSPS) is 15.3. The molecular formula is C17H21ClN6O2S. The summed E-state index contributed by atoms with van der Waals surface area (Å²) in [5.74, 6) is 0.943. The van der Waals surface area contributed by atoms with Crippen LogP contribution in [0.15, 0.2) is 9.32 Å². The molecule has 0 aromatic carbocycles. The molecule has 2 N–H and O–H groups in total. The Bertz CT molecular complexity index is 1070. The van der Waals surface area contributed by atoms with Crippen LogP contribution in [0.3, 0.4) is 0 Å². The Morgan fingerprint density at radius 2 is 1.89 bits per heavy atom. The average Bonchev–Trinajstić information content (AvgIpc) is 3.18. The van der Waals surface area contributed by atoms with Crippen LogP contribution in [0.4, 0.5) is 0 Å². The fraction of sp³-hybridized carbons (Fsp3) is 0.471. The van der Waals surface area contributed by atoms with Crippen molar-refractivity contribution >= 4 is 23.7 Å². The first-order chi connectivity index (χ1) is 12.3. The Balaban J connectivity index is 0.00000210. The number of aryl methyl sites for hydroxylation is 3. The van der Waals surface area contributed by atoms with Crippen molar-refractivity contribution in [3.05, 3.63) is 33.1 Å². The van der Waals surface area contributed by atoms with E-state index in [1.165, 1.54) is 16.0 Å². The molecule has 0 spiro atoms. The van der Waals surface area contributed by atoms with E-state index in [9.17, 15) is 4.79 Å². The molecule has 3 aromatic heterocycles. The van der Waals surface area contributed by atoms with Gasteiger partial charge in [0.25, 0.3) is 11.4 Å². The quantitative estimate of drug-likeness (QED) is 0.708. The van der Waals surface area contributed by atoms with E-state index < -0.39 is 5.54 Å². The lowest BCUT2D eigenvalue weighted by Crippen LogP contribution is -2.44. The van der Waals surface area contributed by atoms with E-state index in [-0.39, 0.29) is 18.0 Å². The molecular weight excluding hydrogens is 388 g/mol. The van der Waals surface area contributed by atoms with Crippen molar-refractivity contribution in [2.24, 2.45) is 12.8 Å². The summed E-state index contributed by atoms with van der Waals surface area (Å²) in [5.41, 5.74) is 8.56. The lowest BCUT2D eigenvalue weighted by Gasteiger charge is -2.34. The highest BCUT2D eigenvalue weighted by Crippen LogP contribution is 2.39. The molecule has 0 saturated heterocycles. The highest BCUT2D eigenvalue weighted by Gasteiger charge is 2.39. The predicted octanol–water partition coefficient (Wildman–Crippen LogP) is 2.64. The van der Waals surface area contributed by atoms with Crippen LogP contribution in [0.1, 0.15) is 42.0 Å². The molecule has 0 aliphatic heterocycles. The summed E-state index contributed by atoms with van der Waals surface area (Å²) in [6.45, 7) is 5.63. The first-order valence-electron chi connectivity index (χ1n) is 8.46. The van der Waals surface area contributed by atoms with Crippen LogP contribution in [0.25, 0.3) is 21.3 Å². The third-order valence-corrected chi connectivity index (χ3v) is 6.21. The molecule has 4 rings (SSSR count). The molecule has 1 saturated carbocycles. The molecule has 1 aliphatic carbocycles. The summed E-state index contributed by atoms with van der Waals surface area (Å²) in [7, 11) is 1.64. The van der Waals surface area contributed by atoms with Gasteiger partial charge >= 0.3 is 0 Å². The van der Waals surface area contributed by atoms with Crippen LogP contribution in [-0.2, 0) is 12.6 Å². The zero-order valence-electron chi connectivity index (χ0n) is 15.6. The topological polar surface area (TPSA) is 113 Å². The summed E-state index contributed by atoms with van der Waals surface area (Å²) >= 11 is 1.37. The second kappa shape index (κ2) is 6.81. The van der Waals surface area contributed by atoms with Gasteiger partial charge < -0.3 is 10.3 Å². The van der Waals surface area contributed by atoms with Gasteiger partial charge in [-0.15, -0.1) is 23.7 Å². The zero-order valence-corrected chi connectivity index (χ0v) is 17.2. The number of aromatic nitrogens is 5. The van der Waals surface area contributed by atoms with Crippen molar-refractivity contribution in [1.29, 1.82) is 0 Å². The number of hydrogen-bond donors (Lipinski definition) is 1. The molecule has 8 nitrogen and oxygen atoms in total. The summed E-state index contributed by atoms with van der Waals surface area (Å²) < 4.78 is 6.79. The number of halogens is 1. The van der Waals surface area contributed by atoms with Crippen LogP contribution in [-0.4, -0.2) is 24.9 Å². The number of thiazole rings is 1. The maximum atomic E-state index is 12.6. The standard InChI is InChI=1S/C17H20N6O2S.ClH/c1-8-9(2)21-23(4)15(24)11(8)14-19-10(3)12(26-14)13-20-16(22-25-13)17(18)6-5-7-17;/h5-7,18H2,1-4H3;1H. The molecule has 3 heterocycles. The maximum absolute atomic E-state index is 12.6. The smallest absolute Gasteiger partial charge is 0.277 e. The zero-order chi connectivity index (χ0) is 18.6. The summed E-state index contributed by atoms with van der Waals surface area (Å²) in [5, 5.41) is 8.91. The highest BCUT2D eigenvalue weighted by atomic mass is 35.5. The van der Waals surface area contributed by atoms with E-state index in [1.54, 1.807) is 7.05 Å². The second-order valence-electron chi connectivity index (χ2n) is 6.88. The molecule has 0 bridgehead atoms. The highest BCUT2D eigenvalue weighted by molar-refractivity contribution is 7.18. The van der Waals surface area contributed by atoms with Gasteiger partial charge in [0.1, 0.15) is 9.88 Å². The first kappa shape index (κ1) is 19.7. The van der Waals surface area contributed by atoms with Crippen LogP contribution in [0.5, 0.6) is 0 Å². The fourth-order valence-corrected chi connectivity index (χ4v) is 4.18. The molecule has 3 aromatic rings. The van der Waals surface area contributed by atoms with Gasteiger partial charge in [-0.1, -0.05) is 5.16 Å². The van der Waals surface area contributed by atoms with Gasteiger partial charge in [-0.3, -0.25) is 4.79 Å². The SMILES string of the molecule is Cc1nc(-c2c(C)c(C)nn(C)c2=O)sc1-c1nc(C2(N)CCC2)no1.Cl. The summed E-state index contributed by atoms with van der Waals surface area (Å²) in [4.78, 5) is 22.4. The van der Waals surface area contributed by atoms with Crippen LogP contribution >= 0.6 is 23.7 Å². The average molecular weight is 409 g/mol. The van der Waals surface area contributed by atoms with E-state index >= 15 is 0 Å². The van der Waals surface area contributed by atoms with Crippen molar-refractivity contribution in [2.75, 3.05) is 0 Å². The first-order valence-corrected chi connectivity index (χ1v) is 9.27. The Morgan fingerprint density at radius 1 is 1.19 bits per heavy atom. The van der Waals surface area contributed by atoms with Gasteiger partial charge in [-0.2, -0.15) is 10.1 Å². The number of nitrogens with two attached hydrogens (primary N) is 1. The van der Waals surface area contributed by atoms with Gasteiger partial charge in [0.2, 0.25) is 0 Å². The van der Waals surface area contributed by atoms with E-state index in [2.05, 4.69) is 20.2 Å². The Kier molecular flexibility index (Phi) is 4.96. The Labute approximate surface area is 166 Å². The maximum Gasteiger partial charge on any atom is 0.277 e. The minimum absolute atomic E-state index is 0. The molecule has 1 fully saturated rings. The predicted molar refractivity (Wildman–Crippen MR) is 105 cm³/mol. The van der Waals surface area contributed by atoms with E-state index in [0.29, 0.717) is 22.3 Å². The van der Waals surface area contributed by atoms with Gasteiger partial charge in [0.15, 0.2) is 5.82 Å². The number of hydrogen-bond acceptors (Lipinski definition) is 8. The van der Waals surface area contributed by atoms with Crippen molar-refractivity contribution in [2.45, 2.75) is 45.6 Å². The fourth-order valence-electron chi connectivity index (χ4n) is 3.10. The minimum atomic E-state index is -0.474.